The molecule has 1 rings (SSSR count). The number of aromatic nitrogens is 2. The molecule has 0 amide bonds. The molecule has 4 nitrogen and oxygen atoms in total. The van der Waals surface area contributed by atoms with Crippen LogP contribution in [0.15, 0.2) is 12.4 Å². The number of aliphatic hydroxyl groups is 1. The van der Waals surface area contributed by atoms with Crippen LogP contribution in [-0.2, 0) is 17.7 Å². The minimum absolute atomic E-state index is 0.323. The minimum atomic E-state index is -0.840. The Bertz CT molecular complexity index is 281. The molecule has 0 aliphatic carbocycles. The van der Waals surface area contributed by atoms with E-state index in [1.165, 1.54) is 0 Å². The molecule has 0 bridgehead atoms. The van der Waals surface area contributed by atoms with Gasteiger partial charge in [0.2, 0.25) is 0 Å². The van der Waals surface area contributed by atoms with Gasteiger partial charge < -0.3 is 14.4 Å². The van der Waals surface area contributed by atoms with Crippen molar-refractivity contribution in [1.29, 1.82) is 0 Å². The number of nitrogens with zero attached hydrogens (tertiary/aromatic N) is 2. The van der Waals surface area contributed by atoms with Crippen LogP contribution in [0.25, 0.3) is 0 Å². The molecule has 0 fully saturated rings. The summed E-state index contributed by atoms with van der Waals surface area (Å²) in [6.45, 7) is 5.00. The first-order valence-corrected chi connectivity index (χ1v) is 4.80. The van der Waals surface area contributed by atoms with Gasteiger partial charge in [-0.25, -0.2) is 4.98 Å². The van der Waals surface area contributed by atoms with Crippen LogP contribution in [0.4, 0.5) is 0 Å². The summed E-state index contributed by atoms with van der Waals surface area (Å²) in [5.74, 6) is 0.898. The Kier molecular flexibility index (Phi) is 3.66. The van der Waals surface area contributed by atoms with E-state index in [0.717, 1.165) is 12.4 Å². The number of rotatable bonds is 5. The van der Waals surface area contributed by atoms with Gasteiger partial charge in [-0.3, -0.25) is 0 Å². The smallest absolute Gasteiger partial charge is 0.111 e. The SMILES string of the molecule is CCn1ccnc1CC(C)(O)COC. The van der Waals surface area contributed by atoms with Crippen molar-refractivity contribution in [3.63, 3.8) is 0 Å². The first-order valence-electron chi connectivity index (χ1n) is 4.80. The Morgan fingerprint density at radius 3 is 2.93 bits per heavy atom. The lowest BCUT2D eigenvalue weighted by Crippen LogP contribution is -2.33. The predicted molar refractivity (Wildman–Crippen MR) is 54.1 cm³/mol. The number of hydrogen-bond donors (Lipinski definition) is 1. The lowest BCUT2D eigenvalue weighted by Gasteiger charge is -2.21. The molecule has 1 heterocycles. The molecule has 0 saturated carbocycles. The standard InChI is InChI=1S/C10H18N2O2/c1-4-12-6-5-11-9(12)7-10(2,13)8-14-3/h5-6,13H,4,7-8H2,1-3H3. The van der Waals surface area contributed by atoms with E-state index in [0.29, 0.717) is 13.0 Å². The van der Waals surface area contributed by atoms with Gasteiger partial charge in [0.1, 0.15) is 5.82 Å². The van der Waals surface area contributed by atoms with E-state index >= 15 is 0 Å². The maximum atomic E-state index is 9.93. The second kappa shape index (κ2) is 4.57. The molecule has 0 spiro atoms. The van der Waals surface area contributed by atoms with Crippen LogP contribution in [0.5, 0.6) is 0 Å². The zero-order chi connectivity index (χ0) is 10.6. The summed E-state index contributed by atoms with van der Waals surface area (Å²) in [5.41, 5.74) is -0.840. The summed E-state index contributed by atoms with van der Waals surface area (Å²) in [6, 6.07) is 0. The van der Waals surface area contributed by atoms with Gasteiger partial charge in [-0.05, 0) is 13.8 Å². The number of aryl methyl sites for hydroxylation is 1. The number of imidazole rings is 1. The minimum Gasteiger partial charge on any atom is -0.387 e. The van der Waals surface area contributed by atoms with Gasteiger partial charge in [-0.1, -0.05) is 0 Å². The highest BCUT2D eigenvalue weighted by molar-refractivity contribution is 4.97. The Morgan fingerprint density at radius 2 is 2.36 bits per heavy atom. The van der Waals surface area contributed by atoms with E-state index in [1.807, 2.05) is 10.8 Å². The number of ether oxygens (including phenoxy) is 1. The second-order valence-electron chi connectivity index (χ2n) is 3.74. The van der Waals surface area contributed by atoms with Gasteiger partial charge in [0.25, 0.3) is 0 Å². The van der Waals surface area contributed by atoms with Crippen LogP contribution >= 0.6 is 0 Å². The van der Waals surface area contributed by atoms with E-state index in [2.05, 4.69) is 11.9 Å². The first kappa shape index (κ1) is 11.2. The van der Waals surface area contributed by atoms with Crippen molar-refractivity contribution in [3.8, 4) is 0 Å². The maximum Gasteiger partial charge on any atom is 0.111 e. The van der Waals surface area contributed by atoms with Gasteiger partial charge in [-0.2, -0.15) is 0 Å². The topological polar surface area (TPSA) is 47.3 Å². The molecule has 14 heavy (non-hydrogen) atoms. The van der Waals surface area contributed by atoms with E-state index in [-0.39, 0.29) is 0 Å². The molecule has 1 atom stereocenters. The van der Waals surface area contributed by atoms with Crippen LogP contribution in [0.1, 0.15) is 19.7 Å². The van der Waals surface area contributed by atoms with Gasteiger partial charge in [-0.15, -0.1) is 0 Å². The van der Waals surface area contributed by atoms with Crippen molar-refractivity contribution in [2.75, 3.05) is 13.7 Å². The molecule has 1 N–H and O–H groups in total. The fourth-order valence-electron chi connectivity index (χ4n) is 1.50. The lowest BCUT2D eigenvalue weighted by molar-refractivity contribution is -0.0179. The molecule has 80 valence electrons. The molecule has 4 heteroatoms. The van der Waals surface area contributed by atoms with Gasteiger partial charge in [0.05, 0.1) is 12.2 Å². The van der Waals surface area contributed by atoms with Crippen LogP contribution in [0.3, 0.4) is 0 Å². The van der Waals surface area contributed by atoms with Crippen LogP contribution in [0.2, 0.25) is 0 Å². The third-order valence-electron chi connectivity index (χ3n) is 2.14. The van der Waals surface area contributed by atoms with E-state index in [4.69, 9.17) is 4.74 Å². The highest BCUT2D eigenvalue weighted by Gasteiger charge is 2.22. The highest BCUT2D eigenvalue weighted by Crippen LogP contribution is 2.12. The van der Waals surface area contributed by atoms with Crippen molar-refractivity contribution in [2.45, 2.75) is 32.4 Å². The fourth-order valence-corrected chi connectivity index (χ4v) is 1.50. The molecule has 0 aliphatic rings. The van der Waals surface area contributed by atoms with Crippen LogP contribution in [-0.4, -0.2) is 34.0 Å². The quantitative estimate of drug-likeness (QED) is 0.762. The zero-order valence-electron chi connectivity index (χ0n) is 9.03. The van der Waals surface area contributed by atoms with E-state index in [9.17, 15) is 5.11 Å². The Labute approximate surface area is 84.5 Å². The molecule has 1 aromatic rings. The molecule has 0 radical (unpaired) electrons. The number of methoxy groups -OCH3 is 1. The summed E-state index contributed by atoms with van der Waals surface area (Å²) >= 11 is 0. The Balaban J connectivity index is 2.67. The van der Waals surface area contributed by atoms with Crippen molar-refractivity contribution >= 4 is 0 Å². The average Bonchev–Trinajstić information content (AvgIpc) is 2.50. The summed E-state index contributed by atoms with van der Waals surface area (Å²) in [6.07, 6.45) is 4.18. The first-order chi connectivity index (χ1) is 6.59. The monoisotopic (exact) mass is 198 g/mol. The third kappa shape index (κ3) is 2.82. The van der Waals surface area contributed by atoms with Crippen molar-refractivity contribution in [1.82, 2.24) is 9.55 Å². The third-order valence-corrected chi connectivity index (χ3v) is 2.14. The summed E-state index contributed by atoms with van der Waals surface area (Å²) in [5, 5.41) is 9.93. The summed E-state index contributed by atoms with van der Waals surface area (Å²) < 4.78 is 6.96. The molecule has 1 aromatic heterocycles. The summed E-state index contributed by atoms with van der Waals surface area (Å²) in [4.78, 5) is 4.20. The normalized spacial score (nSPS) is 15.4. The Morgan fingerprint density at radius 1 is 1.64 bits per heavy atom. The van der Waals surface area contributed by atoms with E-state index < -0.39 is 5.60 Å². The van der Waals surface area contributed by atoms with Crippen molar-refractivity contribution < 1.29 is 9.84 Å². The largest absolute Gasteiger partial charge is 0.387 e. The van der Waals surface area contributed by atoms with Crippen LogP contribution in [0, 0.1) is 0 Å². The fraction of sp³-hybridized carbons (Fsp3) is 0.700. The second-order valence-corrected chi connectivity index (χ2v) is 3.74. The predicted octanol–water partition coefficient (Wildman–Crippen LogP) is 0.843. The zero-order valence-corrected chi connectivity index (χ0v) is 9.03. The molecule has 0 aromatic carbocycles. The molecule has 1 unspecified atom stereocenters. The van der Waals surface area contributed by atoms with Gasteiger partial charge in [0.15, 0.2) is 0 Å². The molecule has 0 aliphatic heterocycles. The van der Waals surface area contributed by atoms with Crippen LogP contribution < -0.4 is 0 Å². The highest BCUT2D eigenvalue weighted by atomic mass is 16.5. The van der Waals surface area contributed by atoms with Gasteiger partial charge in [0, 0.05) is 32.5 Å². The molecular weight excluding hydrogens is 180 g/mol. The lowest BCUT2D eigenvalue weighted by atomic mass is 10.0. The Hall–Kier alpha value is -0.870. The molecule has 0 saturated heterocycles. The van der Waals surface area contributed by atoms with Crippen molar-refractivity contribution in [3.05, 3.63) is 18.2 Å². The van der Waals surface area contributed by atoms with Crippen molar-refractivity contribution in [2.24, 2.45) is 0 Å². The summed E-state index contributed by atoms with van der Waals surface area (Å²) in [7, 11) is 1.58. The maximum absolute atomic E-state index is 9.93. The average molecular weight is 198 g/mol. The van der Waals surface area contributed by atoms with Gasteiger partial charge >= 0.3 is 0 Å². The molecular formula is C10H18N2O2. The van der Waals surface area contributed by atoms with E-state index in [1.54, 1.807) is 20.2 Å². The number of hydrogen-bond acceptors (Lipinski definition) is 3.